The van der Waals surface area contributed by atoms with Crippen molar-refractivity contribution in [2.24, 2.45) is 0 Å². The SMILES string of the molecule is N#Cc1ccc2cc(OCOc3ccc(-c4ccc(F)cc4)c(F)c3)ccc2c1. The van der Waals surface area contributed by atoms with Crippen molar-refractivity contribution in [1.82, 2.24) is 0 Å². The van der Waals surface area contributed by atoms with Crippen LogP contribution < -0.4 is 9.47 Å². The molecule has 4 aromatic rings. The molecule has 0 bridgehead atoms. The van der Waals surface area contributed by atoms with Gasteiger partial charge in [0.05, 0.1) is 11.6 Å². The van der Waals surface area contributed by atoms with Gasteiger partial charge in [-0.25, -0.2) is 8.78 Å². The summed E-state index contributed by atoms with van der Waals surface area (Å²) in [6.07, 6.45) is 0. The Morgan fingerprint density at radius 2 is 1.38 bits per heavy atom. The summed E-state index contributed by atoms with van der Waals surface area (Å²) >= 11 is 0. The minimum absolute atomic E-state index is 0.0862. The summed E-state index contributed by atoms with van der Waals surface area (Å²) in [4.78, 5) is 0. The molecule has 0 atom stereocenters. The van der Waals surface area contributed by atoms with Gasteiger partial charge in [0.1, 0.15) is 23.1 Å². The summed E-state index contributed by atoms with van der Waals surface area (Å²) in [6, 6.07) is 23.1. The van der Waals surface area contributed by atoms with Crippen LogP contribution in [0, 0.1) is 23.0 Å². The molecule has 0 amide bonds. The maximum absolute atomic E-state index is 14.4. The van der Waals surface area contributed by atoms with Gasteiger partial charge in [-0.2, -0.15) is 5.26 Å². The zero-order valence-corrected chi connectivity index (χ0v) is 15.2. The summed E-state index contributed by atoms with van der Waals surface area (Å²) < 4.78 is 38.5. The molecular formula is C24H15F2NO2. The number of hydrogen-bond acceptors (Lipinski definition) is 3. The van der Waals surface area contributed by atoms with Crippen LogP contribution >= 0.6 is 0 Å². The molecule has 4 aromatic carbocycles. The van der Waals surface area contributed by atoms with Crippen LogP contribution in [0.1, 0.15) is 5.56 Å². The molecule has 0 aliphatic heterocycles. The first-order valence-electron chi connectivity index (χ1n) is 8.87. The lowest BCUT2D eigenvalue weighted by Gasteiger charge is -2.11. The Kier molecular flexibility index (Phi) is 5.08. The number of ether oxygens (including phenoxy) is 2. The molecule has 0 unspecified atom stereocenters. The molecule has 0 fully saturated rings. The van der Waals surface area contributed by atoms with Crippen LogP contribution in [0.5, 0.6) is 11.5 Å². The average molecular weight is 387 g/mol. The highest BCUT2D eigenvalue weighted by Crippen LogP contribution is 2.27. The fourth-order valence-electron chi connectivity index (χ4n) is 3.00. The van der Waals surface area contributed by atoms with Crippen molar-refractivity contribution in [2.75, 3.05) is 6.79 Å². The van der Waals surface area contributed by atoms with Crippen molar-refractivity contribution in [1.29, 1.82) is 5.26 Å². The summed E-state index contributed by atoms with van der Waals surface area (Å²) in [5.41, 5.74) is 1.55. The van der Waals surface area contributed by atoms with Gasteiger partial charge in [0.2, 0.25) is 6.79 Å². The minimum atomic E-state index is -0.465. The normalized spacial score (nSPS) is 10.5. The van der Waals surface area contributed by atoms with Gasteiger partial charge < -0.3 is 9.47 Å². The van der Waals surface area contributed by atoms with Gasteiger partial charge in [0.15, 0.2) is 0 Å². The van der Waals surface area contributed by atoms with Crippen LogP contribution in [0.3, 0.4) is 0 Å². The van der Waals surface area contributed by atoms with Crippen LogP contribution in [0.2, 0.25) is 0 Å². The van der Waals surface area contributed by atoms with E-state index in [4.69, 9.17) is 14.7 Å². The van der Waals surface area contributed by atoms with Gasteiger partial charge in [0, 0.05) is 11.6 Å². The summed E-state index contributed by atoms with van der Waals surface area (Å²) in [5.74, 6) is 0.0944. The van der Waals surface area contributed by atoms with Crippen LogP contribution in [0.4, 0.5) is 8.78 Å². The van der Waals surface area contributed by atoms with Crippen molar-refractivity contribution in [3.63, 3.8) is 0 Å². The second-order valence-corrected chi connectivity index (χ2v) is 6.39. The first-order valence-corrected chi connectivity index (χ1v) is 8.87. The molecule has 142 valence electrons. The van der Waals surface area contributed by atoms with E-state index in [2.05, 4.69) is 6.07 Å². The Morgan fingerprint density at radius 1 is 0.724 bits per heavy atom. The molecular weight excluding hydrogens is 372 g/mol. The van der Waals surface area contributed by atoms with E-state index in [1.54, 1.807) is 30.3 Å². The molecule has 0 saturated heterocycles. The molecule has 0 N–H and O–H groups in total. The predicted molar refractivity (Wildman–Crippen MR) is 107 cm³/mol. The summed E-state index contributed by atoms with van der Waals surface area (Å²) in [5, 5.41) is 10.8. The third kappa shape index (κ3) is 4.17. The van der Waals surface area contributed by atoms with Gasteiger partial charge in [-0.15, -0.1) is 0 Å². The number of halogens is 2. The van der Waals surface area contributed by atoms with E-state index < -0.39 is 5.82 Å². The molecule has 3 nitrogen and oxygen atoms in total. The van der Waals surface area contributed by atoms with E-state index in [0.717, 1.165) is 10.8 Å². The van der Waals surface area contributed by atoms with E-state index in [9.17, 15) is 8.78 Å². The number of fused-ring (bicyclic) bond motifs is 1. The van der Waals surface area contributed by atoms with Gasteiger partial charge in [-0.3, -0.25) is 0 Å². The van der Waals surface area contributed by atoms with E-state index in [-0.39, 0.29) is 12.6 Å². The Morgan fingerprint density at radius 3 is 2.10 bits per heavy atom. The third-order valence-electron chi connectivity index (χ3n) is 4.49. The number of benzene rings is 4. The van der Waals surface area contributed by atoms with Gasteiger partial charge in [0.25, 0.3) is 0 Å². The van der Waals surface area contributed by atoms with Crippen LogP contribution in [0.25, 0.3) is 21.9 Å². The van der Waals surface area contributed by atoms with Crippen LogP contribution in [0.15, 0.2) is 78.9 Å². The van der Waals surface area contributed by atoms with Gasteiger partial charge in [-0.1, -0.05) is 24.3 Å². The number of nitriles is 1. The highest BCUT2D eigenvalue weighted by molar-refractivity contribution is 5.85. The summed E-state index contributed by atoms with van der Waals surface area (Å²) in [7, 11) is 0. The topological polar surface area (TPSA) is 42.2 Å². The van der Waals surface area contributed by atoms with Crippen molar-refractivity contribution >= 4 is 10.8 Å². The maximum atomic E-state index is 14.4. The number of hydrogen-bond donors (Lipinski definition) is 0. The second kappa shape index (κ2) is 7.99. The Bertz CT molecular complexity index is 1210. The molecule has 0 radical (unpaired) electrons. The van der Waals surface area contributed by atoms with Crippen molar-refractivity contribution in [3.05, 3.63) is 96.1 Å². The molecule has 29 heavy (non-hydrogen) atoms. The molecule has 0 spiro atoms. The molecule has 0 aliphatic carbocycles. The number of nitrogens with zero attached hydrogens (tertiary/aromatic N) is 1. The molecule has 0 heterocycles. The molecule has 0 aliphatic rings. The smallest absolute Gasteiger partial charge is 0.230 e. The fourth-order valence-corrected chi connectivity index (χ4v) is 3.00. The maximum Gasteiger partial charge on any atom is 0.230 e. The largest absolute Gasteiger partial charge is 0.457 e. The highest BCUT2D eigenvalue weighted by Gasteiger charge is 2.07. The lowest BCUT2D eigenvalue weighted by Crippen LogP contribution is -2.05. The predicted octanol–water partition coefficient (Wildman–Crippen LogP) is 6.07. The van der Waals surface area contributed by atoms with Crippen molar-refractivity contribution < 1.29 is 18.3 Å². The van der Waals surface area contributed by atoms with Crippen LogP contribution in [-0.4, -0.2) is 6.79 Å². The van der Waals surface area contributed by atoms with Crippen molar-refractivity contribution in [3.8, 4) is 28.7 Å². The van der Waals surface area contributed by atoms with E-state index in [1.807, 2.05) is 18.2 Å². The lowest BCUT2D eigenvalue weighted by atomic mass is 10.1. The number of rotatable bonds is 5. The van der Waals surface area contributed by atoms with E-state index in [1.165, 1.54) is 30.3 Å². The molecule has 4 rings (SSSR count). The van der Waals surface area contributed by atoms with E-state index in [0.29, 0.717) is 28.2 Å². The molecule has 0 aromatic heterocycles. The second-order valence-electron chi connectivity index (χ2n) is 6.39. The average Bonchev–Trinajstić information content (AvgIpc) is 2.74. The highest BCUT2D eigenvalue weighted by atomic mass is 19.1. The van der Waals surface area contributed by atoms with Gasteiger partial charge >= 0.3 is 0 Å². The monoisotopic (exact) mass is 387 g/mol. The van der Waals surface area contributed by atoms with Crippen LogP contribution in [-0.2, 0) is 0 Å². The zero-order valence-electron chi connectivity index (χ0n) is 15.2. The van der Waals surface area contributed by atoms with E-state index >= 15 is 0 Å². The standard InChI is InChI=1S/C24H15F2NO2/c25-20-6-3-17(4-7-20)23-10-9-22(13-24(23)26)29-15-28-21-8-5-18-11-16(14-27)1-2-19(18)12-21/h1-13H,15H2. The van der Waals surface area contributed by atoms with Gasteiger partial charge in [-0.05, 0) is 64.9 Å². The first-order chi connectivity index (χ1) is 14.1. The quantitative estimate of drug-likeness (QED) is 0.390. The molecule has 0 saturated carbocycles. The fraction of sp³-hybridized carbons (Fsp3) is 0.0417. The zero-order chi connectivity index (χ0) is 20.2. The van der Waals surface area contributed by atoms with Crippen molar-refractivity contribution in [2.45, 2.75) is 0 Å². The summed E-state index contributed by atoms with van der Waals surface area (Å²) in [6.45, 7) is -0.0862. The Labute approximate surface area is 166 Å². The lowest BCUT2D eigenvalue weighted by molar-refractivity contribution is 0.119. The Hall–Kier alpha value is -3.91. The first kappa shape index (κ1) is 18.5. The third-order valence-corrected chi connectivity index (χ3v) is 4.49. The minimum Gasteiger partial charge on any atom is -0.457 e. The molecule has 5 heteroatoms. The Balaban J connectivity index is 1.41.